The number of aliphatic imine (C=N–C) groups is 1. The summed E-state index contributed by atoms with van der Waals surface area (Å²) in [6.07, 6.45) is 3.50. The predicted octanol–water partition coefficient (Wildman–Crippen LogP) is 2.09. The van der Waals surface area contributed by atoms with Gasteiger partial charge in [0.1, 0.15) is 11.7 Å². The molecule has 3 aromatic rings. The number of fused-ring (bicyclic) bond motifs is 1. The van der Waals surface area contributed by atoms with Crippen LogP contribution in [0, 0.1) is 0 Å². The second-order valence-electron chi connectivity index (χ2n) is 6.15. The Hall–Kier alpha value is -2.77. The fraction of sp³-hybridized carbons (Fsp3) is 0.222. The SMILES string of the molecule is Cn1ncc(-c2c(-c3ccc4c(c3)C(CN)=NCC4=O)cnn2C)c1Cl. The average Bonchev–Trinajstić information content (AvgIpc) is 3.18. The molecular formula is C18H17ClN6O. The first kappa shape index (κ1) is 16.7. The van der Waals surface area contributed by atoms with Gasteiger partial charge in [0.15, 0.2) is 5.78 Å². The lowest BCUT2D eigenvalue weighted by molar-refractivity contribution is 0.1000. The molecule has 1 aliphatic rings. The molecule has 1 aromatic carbocycles. The van der Waals surface area contributed by atoms with Gasteiger partial charge in [0.2, 0.25) is 0 Å². The molecule has 2 aromatic heterocycles. The summed E-state index contributed by atoms with van der Waals surface area (Å²) >= 11 is 6.39. The maximum Gasteiger partial charge on any atom is 0.184 e. The Balaban J connectivity index is 1.90. The summed E-state index contributed by atoms with van der Waals surface area (Å²) < 4.78 is 3.37. The van der Waals surface area contributed by atoms with Crippen LogP contribution in [0.3, 0.4) is 0 Å². The van der Waals surface area contributed by atoms with E-state index in [0.29, 0.717) is 10.7 Å². The molecule has 0 aliphatic carbocycles. The first-order chi connectivity index (χ1) is 12.5. The highest BCUT2D eigenvalue weighted by Crippen LogP contribution is 2.36. The lowest BCUT2D eigenvalue weighted by Gasteiger charge is -2.16. The molecule has 0 fully saturated rings. The Kier molecular flexibility index (Phi) is 3.97. The molecule has 0 atom stereocenters. The number of rotatable bonds is 3. The van der Waals surface area contributed by atoms with Gasteiger partial charge in [-0.25, -0.2) is 0 Å². The zero-order valence-corrected chi connectivity index (χ0v) is 15.2. The molecule has 7 nitrogen and oxygen atoms in total. The average molecular weight is 369 g/mol. The van der Waals surface area contributed by atoms with Crippen molar-refractivity contribution in [2.45, 2.75) is 0 Å². The number of aryl methyl sites for hydroxylation is 2. The molecule has 2 N–H and O–H groups in total. The van der Waals surface area contributed by atoms with E-state index in [1.807, 2.05) is 25.2 Å². The van der Waals surface area contributed by atoms with E-state index in [2.05, 4.69) is 15.2 Å². The van der Waals surface area contributed by atoms with E-state index in [1.165, 1.54) is 0 Å². The molecule has 3 heterocycles. The third-order valence-corrected chi connectivity index (χ3v) is 5.06. The van der Waals surface area contributed by atoms with E-state index in [1.54, 1.807) is 28.8 Å². The predicted molar refractivity (Wildman–Crippen MR) is 101 cm³/mol. The van der Waals surface area contributed by atoms with Gasteiger partial charge in [-0.3, -0.25) is 19.2 Å². The molecule has 26 heavy (non-hydrogen) atoms. The van der Waals surface area contributed by atoms with Crippen molar-refractivity contribution in [2.24, 2.45) is 24.8 Å². The smallest absolute Gasteiger partial charge is 0.184 e. The van der Waals surface area contributed by atoms with E-state index in [0.717, 1.165) is 33.7 Å². The van der Waals surface area contributed by atoms with Gasteiger partial charge in [0, 0.05) is 37.3 Å². The van der Waals surface area contributed by atoms with E-state index in [-0.39, 0.29) is 18.9 Å². The molecule has 0 spiro atoms. The van der Waals surface area contributed by atoms with E-state index in [4.69, 9.17) is 17.3 Å². The van der Waals surface area contributed by atoms with Crippen LogP contribution in [0.1, 0.15) is 15.9 Å². The van der Waals surface area contributed by atoms with Crippen LogP contribution in [0.5, 0.6) is 0 Å². The fourth-order valence-electron chi connectivity index (χ4n) is 3.26. The summed E-state index contributed by atoms with van der Waals surface area (Å²) in [5.41, 5.74) is 11.5. The van der Waals surface area contributed by atoms with Gasteiger partial charge < -0.3 is 5.73 Å². The van der Waals surface area contributed by atoms with Crippen molar-refractivity contribution in [2.75, 3.05) is 13.1 Å². The first-order valence-corrected chi connectivity index (χ1v) is 8.50. The molecule has 4 rings (SSSR count). The number of ketones is 1. The molecule has 0 bridgehead atoms. The standard InChI is InChI=1S/C18H17ClN6O/c1-24-17(14-8-23-25(2)18(14)19)13(7-22-24)10-3-4-11-12(5-10)15(6-20)21-9-16(11)26/h3-5,7-8H,6,9,20H2,1-2H3. The normalized spacial score (nSPS) is 13.7. The minimum absolute atomic E-state index is 0.00506. The minimum atomic E-state index is 0.00506. The minimum Gasteiger partial charge on any atom is -0.325 e. The van der Waals surface area contributed by atoms with E-state index in [9.17, 15) is 4.79 Å². The highest BCUT2D eigenvalue weighted by molar-refractivity contribution is 6.32. The van der Waals surface area contributed by atoms with Crippen LogP contribution in [-0.2, 0) is 14.1 Å². The third-order valence-electron chi connectivity index (χ3n) is 4.61. The number of hydrogen-bond acceptors (Lipinski definition) is 5. The topological polar surface area (TPSA) is 91.1 Å². The summed E-state index contributed by atoms with van der Waals surface area (Å²) in [5, 5.41) is 9.14. The van der Waals surface area contributed by atoms with Gasteiger partial charge >= 0.3 is 0 Å². The number of Topliss-reactive ketones (excluding diaryl/α,β-unsaturated/α-hetero) is 1. The molecule has 0 amide bonds. The summed E-state index contributed by atoms with van der Waals surface area (Å²) in [4.78, 5) is 16.4. The maximum atomic E-state index is 12.1. The van der Waals surface area contributed by atoms with Crippen molar-refractivity contribution >= 4 is 23.1 Å². The summed E-state index contributed by atoms with van der Waals surface area (Å²) in [6.45, 7) is 0.445. The van der Waals surface area contributed by atoms with E-state index >= 15 is 0 Å². The summed E-state index contributed by atoms with van der Waals surface area (Å²) in [6, 6.07) is 5.70. The van der Waals surface area contributed by atoms with Crippen molar-refractivity contribution in [1.82, 2.24) is 19.6 Å². The van der Waals surface area contributed by atoms with Gasteiger partial charge in [-0.05, 0) is 11.6 Å². The number of hydrogen-bond donors (Lipinski definition) is 1. The Morgan fingerprint density at radius 1 is 1.08 bits per heavy atom. The summed E-state index contributed by atoms with van der Waals surface area (Å²) in [7, 11) is 3.65. The number of nitrogens with zero attached hydrogens (tertiary/aromatic N) is 5. The van der Waals surface area contributed by atoms with Crippen LogP contribution in [0.2, 0.25) is 5.15 Å². The van der Waals surface area contributed by atoms with Crippen molar-refractivity contribution in [3.8, 4) is 22.4 Å². The van der Waals surface area contributed by atoms with Gasteiger partial charge in [-0.2, -0.15) is 10.2 Å². The monoisotopic (exact) mass is 368 g/mol. The lowest BCUT2D eigenvalue weighted by Crippen LogP contribution is -2.24. The van der Waals surface area contributed by atoms with Gasteiger partial charge in [0.25, 0.3) is 0 Å². The van der Waals surface area contributed by atoms with Crippen LogP contribution < -0.4 is 5.73 Å². The number of aromatic nitrogens is 4. The van der Waals surface area contributed by atoms with Gasteiger partial charge in [-0.1, -0.05) is 23.7 Å². The molecule has 0 unspecified atom stereocenters. The zero-order chi connectivity index (χ0) is 18.4. The number of carbonyl (C=O) groups excluding carboxylic acids is 1. The van der Waals surface area contributed by atoms with E-state index < -0.39 is 0 Å². The van der Waals surface area contributed by atoms with Crippen molar-refractivity contribution in [3.05, 3.63) is 46.9 Å². The van der Waals surface area contributed by atoms with Gasteiger partial charge in [0.05, 0.1) is 29.4 Å². The zero-order valence-electron chi connectivity index (χ0n) is 14.4. The summed E-state index contributed by atoms with van der Waals surface area (Å²) in [5.74, 6) is 0.00506. The molecule has 0 saturated carbocycles. The van der Waals surface area contributed by atoms with Crippen LogP contribution >= 0.6 is 11.6 Å². The lowest BCUT2D eigenvalue weighted by atomic mass is 9.92. The Morgan fingerprint density at radius 2 is 1.81 bits per heavy atom. The number of halogens is 1. The molecule has 0 saturated heterocycles. The second-order valence-corrected chi connectivity index (χ2v) is 6.51. The highest BCUT2D eigenvalue weighted by atomic mass is 35.5. The maximum absolute atomic E-state index is 12.1. The first-order valence-electron chi connectivity index (χ1n) is 8.12. The van der Waals surface area contributed by atoms with Crippen LogP contribution in [0.15, 0.2) is 35.6 Å². The molecular weight excluding hydrogens is 352 g/mol. The second kappa shape index (κ2) is 6.19. The largest absolute Gasteiger partial charge is 0.325 e. The Morgan fingerprint density at radius 3 is 2.50 bits per heavy atom. The molecule has 1 aliphatic heterocycles. The molecule has 132 valence electrons. The Bertz CT molecular complexity index is 1060. The quantitative estimate of drug-likeness (QED) is 0.766. The third kappa shape index (κ3) is 2.48. The number of nitrogens with two attached hydrogens (primary N) is 1. The fourth-order valence-corrected chi connectivity index (χ4v) is 3.44. The van der Waals surface area contributed by atoms with Crippen molar-refractivity contribution in [1.29, 1.82) is 0 Å². The molecule has 0 radical (unpaired) electrons. The number of benzene rings is 1. The van der Waals surface area contributed by atoms with Crippen molar-refractivity contribution in [3.63, 3.8) is 0 Å². The van der Waals surface area contributed by atoms with Crippen molar-refractivity contribution < 1.29 is 4.79 Å². The van der Waals surface area contributed by atoms with Crippen LogP contribution in [-0.4, -0.2) is 44.1 Å². The van der Waals surface area contributed by atoms with Crippen LogP contribution in [0.25, 0.3) is 22.4 Å². The van der Waals surface area contributed by atoms with Gasteiger partial charge in [-0.15, -0.1) is 0 Å². The van der Waals surface area contributed by atoms with Crippen LogP contribution in [0.4, 0.5) is 0 Å². The number of carbonyl (C=O) groups is 1. The Labute approximate surface area is 155 Å². The highest BCUT2D eigenvalue weighted by Gasteiger charge is 2.23. The molecule has 8 heteroatoms.